The summed E-state index contributed by atoms with van der Waals surface area (Å²) < 4.78 is 0. The van der Waals surface area contributed by atoms with Gasteiger partial charge in [0, 0.05) is 0 Å². The molecule has 23 heavy (non-hydrogen) atoms. The van der Waals surface area contributed by atoms with Crippen LogP contribution in [0.3, 0.4) is 0 Å². The van der Waals surface area contributed by atoms with Gasteiger partial charge < -0.3 is 10.4 Å². The molecule has 0 unspecified atom stereocenters. The van der Waals surface area contributed by atoms with E-state index in [-0.39, 0.29) is 29.7 Å². The Morgan fingerprint density at radius 3 is 2.57 bits per heavy atom. The molecular formula is C19H23NO3. The van der Waals surface area contributed by atoms with Crippen molar-refractivity contribution < 1.29 is 14.7 Å². The Morgan fingerprint density at radius 1 is 1.04 bits per heavy atom. The largest absolute Gasteiger partial charge is 0.481 e. The molecule has 0 spiro atoms. The molecule has 1 aromatic carbocycles. The van der Waals surface area contributed by atoms with Gasteiger partial charge in [0.15, 0.2) is 0 Å². The quantitative estimate of drug-likeness (QED) is 0.901. The SMILES string of the molecule is O=C(O)[C@@H]1[C@H]2CC[C@@H](C2)[C@@H]1C(=O)N[C@@H]1CCCc2ccccc21. The summed E-state index contributed by atoms with van der Waals surface area (Å²) in [5.74, 6) is -1.17. The van der Waals surface area contributed by atoms with E-state index in [0.717, 1.165) is 38.5 Å². The molecule has 0 saturated heterocycles. The molecule has 4 rings (SSSR count). The molecule has 3 aliphatic rings. The number of nitrogens with one attached hydrogen (secondary N) is 1. The Morgan fingerprint density at radius 2 is 1.78 bits per heavy atom. The fourth-order valence-corrected chi connectivity index (χ4v) is 5.20. The molecule has 2 bridgehead atoms. The first-order valence-electron chi connectivity index (χ1n) is 8.76. The molecule has 5 atom stereocenters. The van der Waals surface area contributed by atoms with Crippen molar-refractivity contribution in [1.82, 2.24) is 5.32 Å². The van der Waals surface area contributed by atoms with E-state index in [1.807, 2.05) is 12.1 Å². The van der Waals surface area contributed by atoms with Crippen LogP contribution in [0.25, 0.3) is 0 Å². The third kappa shape index (κ3) is 2.44. The minimum Gasteiger partial charge on any atom is -0.481 e. The van der Waals surface area contributed by atoms with E-state index in [4.69, 9.17) is 0 Å². The summed E-state index contributed by atoms with van der Waals surface area (Å²) >= 11 is 0. The first-order chi connectivity index (χ1) is 11.1. The zero-order chi connectivity index (χ0) is 16.0. The number of carbonyl (C=O) groups is 2. The van der Waals surface area contributed by atoms with Crippen LogP contribution in [-0.2, 0) is 16.0 Å². The molecule has 2 fully saturated rings. The van der Waals surface area contributed by atoms with Crippen LogP contribution in [0.15, 0.2) is 24.3 Å². The smallest absolute Gasteiger partial charge is 0.307 e. The van der Waals surface area contributed by atoms with Gasteiger partial charge in [0.2, 0.25) is 5.91 Å². The highest BCUT2D eigenvalue weighted by Crippen LogP contribution is 2.52. The molecule has 0 aromatic heterocycles. The summed E-state index contributed by atoms with van der Waals surface area (Å²) in [6.45, 7) is 0. The number of rotatable bonds is 3. The van der Waals surface area contributed by atoms with Gasteiger partial charge in [-0.05, 0) is 61.5 Å². The first-order valence-corrected chi connectivity index (χ1v) is 8.76. The lowest BCUT2D eigenvalue weighted by atomic mass is 9.78. The molecule has 4 heteroatoms. The molecule has 1 amide bonds. The number of aryl methyl sites for hydroxylation is 1. The summed E-state index contributed by atoms with van der Waals surface area (Å²) in [7, 11) is 0. The predicted molar refractivity (Wildman–Crippen MR) is 85.7 cm³/mol. The van der Waals surface area contributed by atoms with Gasteiger partial charge in [0.25, 0.3) is 0 Å². The zero-order valence-electron chi connectivity index (χ0n) is 13.2. The summed E-state index contributed by atoms with van der Waals surface area (Å²) in [5, 5.41) is 12.7. The molecule has 3 aliphatic carbocycles. The normalized spacial score (nSPS) is 34.9. The number of aliphatic carboxylic acids is 1. The van der Waals surface area contributed by atoms with Crippen LogP contribution in [0.5, 0.6) is 0 Å². The summed E-state index contributed by atoms with van der Waals surface area (Å²) in [6.07, 6.45) is 5.97. The molecule has 0 aliphatic heterocycles. The summed E-state index contributed by atoms with van der Waals surface area (Å²) in [4.78, 5) is 24.5. The Kier molecular flexibility index (Phi) is 3.63. The topological polar surface area (TPSA) is 66.4 Å². The summed E-state index contributed by atoms with van der Waals surface area (Å²) in [5.41, 5.74) is 2.52. The average Bonchev–Trinajstić information content (AvgIpc) is 3.16. The van der Waals surface area contributed by atoms with Crippen molar-refractivity contribution in [3.8, 4) is 0 Å². The van der Waals surface area contributed by atoms with Crippen molar-refractivity contribution in [3.05, 3.63) is 35.4 Å². The van der Waals surface area contributed by atoms with Crippen molar-refractivity contribution in [2.45, 2.75) is 44.6 Å². The predicted octanol–water partition coefficient (Wildman–Crippen LogP) is 2.93. The number of carboxylic acids is 1. The molecule has 4 nitrogen and oxygen atoms in total. The standard InChI is InChI=1S/C19H23NO3/c21-18(16-12-8-9-13(10-12)17(16)19(22)23)20-15-7-3-5-11-4-1-2-6-14(11)15/h1-2,4,6,12-13,15-17H,3,5,7-10H2,(H,20,21)(H,22,23)/t12-,13-,15+,16-,17+/m0/s1. The highest BCUT2D eigenvalue weighted by molar-refractivity contribution is 5.86. The molecule has 2 saturated carbocycles. The van der Waals surface area contributed by atoms with Gasteiger partial charge in [0.05, 0.1) is 17.9 Å². The fourth-order valence-electron chi connectivity index (χ4n) is 5.20. The van der Waals surface area contributed by atoms with Gasteiger partial charge in [-0.25, -0.2) is 0 Å². The maximum atomic E-state index is 12.9. The molecule has 0 radical (unpaired) electrons. The number of hydrogen-bond donors (Lipinski definition) is 2. The Labute approximate surface area is 136 Å². The highest BCUT2D eigenvalue weighted by Gasteiger charge is 2.54. The van der Waals surface area contributed by atoms with Gasteiger partial charge in [-0.1, -0.05) is 24.3 Å². The first kappa shape index (κ1) is 14.7. The van der Waals surface area contributed by atoms with Crippen molar-refractivity contribution >= 4 is 11.9 Å². The van der Waals surface area contributed by atoms with E-state index < -0.39 is 11.9 Å². The van der Waals surface area contributed by atoms with Crippen molar-refractivity contribution in [2.75, 3.05) is 0 Å². The van der Waals surface area contributed by atoms with Crippen LogP contribution >= 0.6 is 0 Å². The molecule has 2 N–H and O–H groups in total. The number of carbonyl (C=O) groups excluding carboxylic acids is 1. The van der Waals surface area contributed by atoms with Gasteiger partial charge in [-0.15, -0.1) is 0 Å². The Balaban J connectivity index is 1.54. The van der Waals surface area contributed by atoms with E-state index >= 15 is 0 Å². The second kappa shape index (κ2) is 5.66. The fraction of sp³-hybridized carbons (Fsp3) is 0.579. The molecule has 1 aromatic rings. The van der Waals surface area contributed by atoms with E-state index in [0.29, 0.717) is 0 Å². The highest BCUT2D eigenvalue weighted by atomic mass is 16.4. The van der Waals surface area contributed by atoms with Crippen molar-refractivity contribution in [1.29, 1.82) is 0 Å². The second-order valence-corrected chi connectivity index (χ2v) is 7.38. The van der Waals surface area contributed by atoms with Crippen LogP contribution in [0, 0.1) is 23.7 Å². The van der Waals surface area contributed by atoms with Crippen LogP contribution in [0.2, 0.25) is 0 Å². The van der Waals surface area contributed by atoms with Crippen molar-refractivity contribution in [3.63, 3.8) is 0 Å². The van der Waals surface area contributed by atoms with Crippen LogP contribution < -0.4 is 5.32 Å². The lowest BCUT2D eigenvalue weighted by Gasteiger charge is -2.31. The van der Waals surface area contributed by atoms with E-state index in [1.54, 1.807) is 0 Å². The van der Waals surface area contributed by atoms with Crippen LogP contribution in [-0.4, -0.2) is 17.0 Å². The molecule has 0 heterocycles. The van der Waals surface area contributed by atoms with Gasteiger partial charge in [-0.2, -0.15) is 0 Å². The third-order valence-electron chi connectivity index (χ3n) is 6.19. The van der Waals surface area contributed by atoms with Crippen LogP contribution in [0.1, 0.15) is 49.3 Å². The lowest BCUT2D eigenvalue weighted by molar-refractivity contribution is -0.149. The van der Waals surface area contributed by atoms with Gasteiger partial charge >= 0.3 is 5.97 Å². The number of benzene rings is 1. The monoisotopic (exact) mass is 313 g/mol. The van der Waals surface area contributed by atoms with E-state index in [9.17, 15) is 14.7 Å². The Bertz CT molecular complexity index is 641. The lowest BCUT2D eigenvalue weighted by Crippen LogP contribution is -2.43. The molecular weight excluding hydrogens is 290 g/mol. The zero-order valence-corrected chi connectivity index (χ0v) is 13.2. The number of hydrogen-bond acceptors (Lipinski definition) is 2. The summed E-state index contributed by atoms with van der Waals surface area (Å²) in [6, 6.07) is 8.32. The van der Waals surface area contributed by atoms with E-state index in [1.165, 1.54) is 11.1 Å². The number of carboxylic acid groups (broad SMARTS) is 1. The Hall–Kier alpha value is -1.84. The number of fused-ring (bicyclic) bond motifs is 3. The minimum atomic E-state index is -0.790. The molecule has 122 valence electrons. The minimum absolute atomic E-state index is 0.0358. The third-order valence-corrected chi connectivity index (χ3v) is 6.19. The van der Waals surface area contributed by atoms with Crippen molar-refractivity contribution in [2.24, 2.45) is 23.7 Å². The maximum Gasteiger partial charge on any atom is 0.307 e. The second-order valence-electron chi connectivity index (χ2n) is 7.38. The van der Waals surface area contributed by atoms with E-state index in [2.05, 4.69) is 17.4 Å². The van der Waals surface area contributed by atoms with Gasteiger partial charge in [0.1, 0.15) is 0 Å². The van der Waals surface area contributed by atoms with Crippen LogP contribution in [0.4, 0.5) is 0 Å². The number of amides is 1. The van der Waals surface area contributed by atoms with Gasteiger partial charge in [-0.3, -0.25) is 9.59 Å². The maximum absolute atomic E-state index is 12.9. The average molecular weight is 313 g/mol.